The van der Waals surface area contributed by atoms with Crippen LogP contribution in [-0.2, 0) is 4.79 Å². The Balaban J connectivity index is 1.68. The Kier molecular flexibility index (Phi) is 5.50. The Morgan fingerprint density at radius 1 is 1.38 bits per heavy atom. The van der Waals surface area contributed by atoms with Gasteiger partial charge in [-0.2, -0.15) is 4.98 Å². The molecule has 24 heavy (non-hydrogen) atoms. The number of carbonyl (C=O) groups excluding carboxylic acids is 1. The number of hydrogen-bond acceptors (Lipinski definition) is 6. The first-order valence-electron chi connectivity index (χ1n) is 8.31. The van der Waals surface area contributed by atoms with Gasteiger partial charge in [0.15, 0.2) is 5.82 Å². The summed E-state index contributed by atoms with van der Waals surface area (Å²) in [4.78, 5) is 24.1. The van der Waals surface area contributed by atoms with Gasteiger partial charge in [-0.25, -0.2) is 0 Å². The molecule has 0 radical (unpaired) electrons. The van der Waals surface area contributed by atoms with Crippen molar-refractivity contribution in [3.8, 4) is 0 Å². The molecular formula is C17H22N4O2S. The number of hydrogen-bond donors (Lipinski definition) is 0. The first-order valence-corrected chi connectivity index (χ1v) is 9.29. The molecule has 0 aromatic carbocycles. The third-order valence-corrected chi connectivity index (χ3v) is 5.09. The van der Waals surface area contributed by atoms with E-state index in [4.69, 9.17) is 4.52 Å². The number of likely N-dealkylation sites (tertiary alicyclic amines) is 1. The third kappa shape index (κ3) is 3.95. The van der Waals surface area contributed by atoms with Crippen LogP contribution in [-0.4, -0.2) is 38.2 Å². The highest BCUT2D eigenvalue weighted by Crippen LogP contribution is 2.31. The van der Waals surface area contributed by atoms with Crippen molar-refractivity contribution in [2.45, 2.75) is 50.0 Å². The van der Waals surface area contributed by atoms with Gasteiger partial charge in [0.2, 0.25) is 11.8 Å². The van der Waals surface area contributed by atoms with Crippen molar-refractivity contribution < 1.29 is 9.32 Å². The lowest BCUT2D eigenvalue weighted by atomic mass is 10.0. The van der Waals surface area contributed by atoms with Crippen molar-refractivity contribution in [3.63, 3.8) is 0 Å². The van der Waals surface area contributed by atoms with Gasteiger partial charge in [0, 0.05) is 29.8 Å². The zero-order chi connectivity index (χ0) is 16.9. The Bertz CT molecular complexity index is 674. The second kappa shape index (κ2) is 7.79. The van der Waals surface area contributed by atoms with Crippen LogP contribution < -0.4 is 0 Å². The van der Waals surface area contributed by atoms with Crippen molar-refractivity contribution in [1.29, 1.82) is 0 Å². The summed E-state index contributed by atoms with van der Waals surface area (Å²) < 4.78 is 5.44. The fourth-order valence-corrected chi connectivity index (χ4v) is 3.54. The molecule has 1 saturated heterocycles. The summed E-state index contributed by atoms with van der Waals surface area (Å²) in [5.41, 5.74) is 0. The standard InChI is InChI=1S/C17H22N4O2S/c1-12(2)16-19-17(23-20-16)14-5-3-4-10-21(14)15(22)11-24-13-6-8-18-9-7-13/h6-9,12,14H,3-5,10-11H2,1-2H3. The summed E-state index contributed by atoms with van der Waals surface area (Å²) >= 11 is 1.53. The highest BCUT2D eigenvalue weighted by molar-refractivity contribution is 8.00. The molecule has 0 spiro atoms. The minimum Gasteiger partial charge on any atom is -0.337 e. The smallest absolute Gasteiger partial charge is 0.249 e. The van der Waals surface area contributed by atoms with Gasteiger partial charge in [-0.05, 0) is 31.4 Å². The van der Waals surface area contributed by atoms with Gasteiger partial charge < -0.3 is 9.42 Å². The highest BCUT2D eigenvalue weighted by Gasteiger charge is 2.32. The zero-order valence-corrected chi connectivity index (χ0v) is 14.8. The maximum absolute atomic E-state index is 12.7. The Morgan fingerprint density at radius 3 is 2.88 bits per heavy atom. The lowest BCUT2D eigenvalue weighted by Gasteiger charge is -2.33. The largest absolute Gasteiger partial charge is 0.337 e. The van der Waals surface area contributed by atoms with Crippen LogP contribution in [0.3, 0.4) is 0 Å². The average Bonchev–Trinajstić information content (AvgIpc) is 3.11. The molecule has 6 nitrogen and oxygen atoms in total. The lowest BCUT2D eigenvalue weighted by Crippen LogP contribution is -2.39. The van der Waals surface area contributed by atoms with Gasteiger partial charge >= 0.3 is 0 Å². The topological polar surface area (TPSA) is 72.1 Å². The first kappa shape index (κ1) is 17.0. The third-order valence-electron chi connectivity index (χ3n) is 4.09. The molecule has 1 atom stereocenters. The van der Waals surface area contributed by atoms with Crippen LogP contribution >= 0.6 is 11.8 Å². The van der Waals surface area contributed by atoms with Crippen LogP contribution in [0.5, 0.6) is 0 Å². The van der Waals surface area contributed by atoms with E-state index in [1.165, 1.54) is 11.8 Å². The number of pyridine rings is 1. The van der Waals surface area contributed by atoms with E-state index in [2.05, 4.69) is 15.1 Å². The lowest BCUT2D eigenvalue weighted by molar-refractivity contribution is -0.132. The number of carbonyl (C=O) groups is 1. The van der Waals surface area contributed by atoms with Gasteiger partial charge in [0.25, 0.3) is 0 Å². The van der Waals surface area contributed by atoms with Crippen molar-refractivity contribution in [1.82, 2.24) is 20.0 Å². The summed E-state index contributed by atoms with van der Waals surface area (Å²) in [7, 11) is 0. The van der Waals surface area contributed by atoms with E-state index >= 15 is 0 Å². The maximum atomic E-state index is 12.7. The molecule has 2 aromatic heterocycles. The first-order chi connectivity index (χ1) is 11.6. The Hall–Kier alpha value is -1.89. The molecule has 0 aliphatic carbocycles. The number of thioether (sulfide) groups is 1. The van der Waals surface area contributed by atoms with Crippen LogP contribution in [0.1, 0.15) is 56.8 Å². The van der Waals surface area contributed by atoms with E-state index in [9.17, 15) is 4.79 Å². The van der Waals surface area contributed by atoms with Crippen LogP contribution in [0.4, 0.5) is 0 Å². The number of nitrogens with zero attached hydrogens (tertiary/aromatic N) is 4. The fourth-order valence-electron chi connectivity index (χ4n) is 2.77. The number of piperidine rings is 1. The summed E-state index contributed by atoms with van der Waals surface area (Å²) in [6, 6.07) is 3.74. The predicted molar refractivity (Wildman–Crippen MR) is 91.7 cm³/mol. The molecule has 0 N–H and O–H groups in total. The summed E-state index contributed by atoms with van der Waals surface area (Å²) in [6.45, 7) is 4.81. The summed E-state index contributed by atoms with van der Waals surface area (Å²) in [5.74, 6) is 2.02. The quantitative estimate of drug-likeness (QED) is 0.772. The van der Waals surface area contributed by atoms with Crippen molar-refractivity contribution in [2.75, 3.05) is 12.3 Å². The Labute approximate surface area is 146 Å². The molecule has 0 bridgehead atoms. The molecule has 7 heteroatoms. The van der Waals surface area contributed by atoms with E-state index < -0.39 is 0 Å². The second-order valence-electron chi connectivity index (χ2n) is 6.22. The normalized spacial score (nSPS) is 18.1. The van der Waals surface area contributed by atoms with Gasteiger partial charge in [-0.15, -0.1) is 11.8 Å². The number of amides is 1. The van der Waals surface area contributed by atoms with Gasteiger partial charge in [-0.3, -0.25) is 9.78 Å². The van der Waals surface area contributed by atoms with Crippen LogP contribution in [0.2, 0.25) is 0 Å². The molecule has 1 amide bonds. The Morgan fingerprint density at radius 2 is 2.17 bits per heavy atom. The van der Waals surface area contributed by atoms with E-state index in [0.717, 1.165) is 30.7 Å². The second-order valence-corrected chi connectivity index (χ2v) is 7.26. The van der Waals surface area contributed by atoms with Gasteiger partial charge in [0.05, 0.1) is 5.75 Å². The van der Waals surface area contributed by atoms with E-state index in [1.807, 2.05) is 30.9 Å². The molecule has 1 fully saturated rings. The van der Waals surface area contributed by atoms with Crippen LogP contribution in [0.15, 0.2) is 33.9 Å². The van der Waals surface area contributed by atoms with Crippen LogP contribution in [0.25, 0.3) is 0 Å². The minimum absolute atomic E-state index is 0.0932. The monoisotopic (exact) mass is 346 g/mol. The molecule has 3 rings (SSSR count). The molecule has 1 unspecified atom stereocenters. The highest BCUT2D eigenvalue weighted by atomic mass is 32.2. The zero-order valence-electron chi connectivity index (χ0n) is 14.0. The van der Waals surface area contributed by atoms with E-state index in [1.54, 1.807) is 12.4 Å². The van der Waals surface area contributed by atoms with Crippen molar-refractivity contribution >= 4 is 17.7 Å². The molecular weight excluding hydrogens is 324 g/mol. The molecule has 0 saturated carbocycles. The minimum atomic E-state index is -0.0932. The molecule has 1 aliphatic heterocycles. The number of rotatable bonds is 5. The fraction of sp³-hybridized carbons (Fsp3) is 0.529. The van der Waals surface area contributed by atoms with Crippen LogP contribution in [0, 0.1) is 0 Å². The summed E-state index contributed by atoms with van der Waals surface area (Å²) in [5, 5.41) is 4.04. The van der Waals surface area contributed by atoms with Gasteiger partial charge in [-0.1, -0.05) is 19.0 Å². The average molecular weight is 346 g/mol. The van der Waals surface area contributed by atoms with E-state index in [-0.39, 0.29) is 17.9 Å². The SMILES string of the molecule is CC(C)c1noc(C2CCCCN2C(=O)CSc2ccncc2)n1. The maximum Gasteiger partial charge on any atom is 0.249 e. The summed E-state index contributed by atoms with van der Waals surface area (Å²) in [6.07, 6.45) is 6.45. The number of aromatic nitrogens is 3. The molecule has 128 valence electrons. The molecule has 1 aliphatic rings. The van der Waals surface area contributed by atoms with Gasteiger partial charge in [0.1, 0.15) is 6.04 Å². The van der Waals surface area contributed by atoms with Crippen molar-refractivity contribution in [3.05, 3.63) is 36.2 Å². The van der Waals surface area contributed by atoms with E-state index in [0.29, 0.717) is 17.5 Å². The molecule has 2 aromatic rings. The van der Waals surface area contributed by atoms with Crippen molar-refractivity contribution in [2.24, 2.45) is 0 Å². The predicted octanol–water partition coefficient (Wildman–Crippen LogP) is 3.43. The molecule has 3 heterocycles.